The van der Waals surface area contributed by atoms with Crippen molar-refractivity contribution in [1.82, 2.24) is 14.8 Å². The van der Waals surface area contributed by atoms with E-state index >= 15 is 0 Å². The number of halogens is 1. The number of ether oxygens (including phenoxy) is 1. The first-order valence-electron chi connectivity index (χ1n) is 4.91. The molecule has 2 rings (SSSR count). The lowest BCUT2D eigenvalue weighted by Crippen LogP contribution is -2.04. The molecule has 0 N–H and O–H groups in total. The maximum Gasteiger partial charge on any atom is 0.170 e. The Hall–Kier alpha value is -1.88. The first-order chi connectivity index (χ1) is 8.22. The zero-order chi connectivity index (χ0) is 12.3. The van der Waals surface area contributed by atoms with E-state index < -0.39 is 0 Å². The van der Waals surface area contributed by atoms with Crippen LogP contribution in [0.4, 0.5) is 0 Å². The molecule has 1 aromatic carbocycles. The summed E-state index contributed by atoms with van der Waals surface area (Å²) in [6.45, 7) is 0.234. The number of rotatable bonds is 4. The van der Waals surface area contributed by atoms with Gasteiger partial charge in [0, 0.05) is 7.05 Å². The van der Waals surface area contributed by atoms with E-state index in [9.17, 15) is 4.79 Å². The SMILES string of the molecule is Cn1cnnc1COc1cccc(Cl)c1C=O. The Balaban J connectivity index is 2.17. The molecule has 0 spiro atoms. The van der Waals surface area contributed by atoms with E-state index in [0.717, 1.165) is 0 Å². The zero-order valence-corrected chi connectivity index (χ0v) is 9.89. The van der Waals surface area contributed by atoms with Gasteiger partial charge in [-0.05, 0) is 12.1 Å². The summed E-state index contributed by atoms with van der Waals surface area (Å²) in [5, 5.41) is 7.98. The largest absolute Gasteiger partial charge is 0.485 e. The Labute approximate surface area is 103 Å². The molecule has 5 nitrogen and oxygen atoms in total. The van der Waals surface area contributed by atoms with Gasteiger partial charge in [-0.1, -0.05) is 17.7 Å². The second-order valence-electron chi connectivity index (χ2n) is 3.42. The monoisotopic (exact) mass is 251 g/mol. The van der Waals surface area contributed by atoms with Crippen LogP contribution in [0.15, 0.2) is 24.5 Å². The molecule has 0 radical (unpaired) electrons. The summed E-state index contributed by atoms with van der Waals surface area (Å²) in [5.74, 6) is 1.11. The van der Waals surface area contributed by atoms with Crippen molar-refractivity contribution in [1.29, 1.82) is 0 Å². The van der Waals surface area contributed by atoms with Gasteiger partial charge in [0.1, 0.15) is 18.7 Å². The first-order valence-corrected chi connectivity index (χ1v) is 5.29. The van der Waals surface area contributed by atoms with Crippen molar-refractivity contribution < 1.29 is 9.53 Å². The van der Waals surface area contributed by atoms with Crippen LogP contribution in [0.1, 0.15) is 16.2 Å². The van der Waals surface area contributed by atoms with Gasteiger partial charge >= 0.3 is 0 Å². The smallest absolute Gasteiger partial charge is 0.170 e. The second-order valence-corrected chi connectivity index (χ2v) is 3.82. The van der Waals surface area contributed by atoms with Gasteiger partial charge in [-0.3, -0.25) is 4.79 Å². The van der Waals surface area contributed by atoms with E-state index in [0.29, 0.717) is 28.4 Å². The number of aldehydes is 1. The normalized spacial score (nSPS) is 10.2. The molecule has 17 heavy (non-hydrogen) atoms. The summed E-state index contributed by atoms with van der Waals surface area (Å²) in [4.78, 5) is 10.9. The van der Waals surface area contributed by atoms with Crippen molar-refractivity contribution in [2.75, 3.05) is 0 Å². The molecule has 1 heterocycles. The Kier molecular flexibility index (Phi) is 3.39. The third-order valence-corrected chi connectivity index (χ3v) is 2.62. The maximum atomic E-state index is 10.9. The van der Waals surface area contributed by atoms with Gasteiger partial charge in [-0.2, -0.15) is 0 Å². The minimum atomic E-state index is 0.234. The van der Waals surface area contributed by atoms with Gasteiger partial charge in [0.25, 0.3) is 0 Å². The van der Waals surface area contributed by atoms with Gasteiger partial charge in [0.05, 0.1) is 10.6 Å². The van der Waals surface area contributed by atoms with E-state index in [1.54, 1.807) is 29.1 Å². The maximum absolute atomic E-state index is 10.9. The molecule has 6 heteroatoms. The molecule has 0 fully saturated rings. The molecule has 0 bridgehead atoms. The minimum Gasteiger partial charge on any atom is -0.485 e. The lowest BCUT2D eigenvalue weighted by atomic mass is 10.2. The number of carbonyl (C=O) groups is 1. The summed E-state index contributed by atoms with van der Waals surface area (Å²) < 4.78 is 7.24. The van der Waals surface area contributed by atoms with Gasteiger partial charge in [0.15, 0.2) is 12.1 Å². The molecule has 0 unspecified atom stereocenters. The summed E-state index contributed by atoms with van der Waals surface area (Å²) in [6.07, 6.45) is 2.26. The standard InChI is InChI=1S/C11H10ClN3O2/c1-15-7-13-14-11(15)6-17-10-4-2-3-9(12)8(10)5-16/h2-5,7H,6H2,1H3. The molecule has 0 aliphatic carbocycles. The molecule has 1 aromatic heterocycles. The number of carbonyl (C=O) groups excluding carboxylic acids is 1. The van der Waals surface area contributed by atoms with Gasteiger partial charge in [0.2, 0.25) is 0 Å². The van der Waals surface area contributed by atoms with Crippen LogP contribution in [0.3, 0.4) is 0 Å². The van der Waals surface area contributed by atoms with Crippen molar-refractivity contribution in [3.05, 3.63) is 40.9 Å². The van der Waals surface area contributed by atoms with Crippen molar-refractivity contribution in [2.45, 2.75) is 6.61 Å². The van der Waals surface area contributed by atoms with E-state index in [2.05, 4.69) is 10.2 Å². The summed E-state index contributed by atoms with van der Waals surface area (Å²) in [7, 11) is 1.82. The second kappa shape index (κ2) is 4.97. The minimum absolute atomic E-state index is 0.234. The molecular formula is C11H10ClN3O2. The highest BCUT2D eigenvalue weighted by Crippen LogP contribution is 2.24. The average molecular weight is 252 g/mol. The van der Waals surface area contributed by atoms with Crippen LogP contribution in [0.2, 0.25) is 5.02 Å². The number of benzene rings is 1. The number of nitrogens with zero attached hydrogens (tertiary/aromatic N) is 3. The van der Waals surface area contributed by atoms with Crippen LogP contribution >= 0.6 is 11.6 Å². The Morgan fingerprint density at radius 3 is 3.00 bits per heavy atom. The van der Waals surface area contributed by atoms with Crippen LogP contribution in [-0.2, 0) is 13.7 Å². The molecule has 2 aromatic rings. The van der Waals surface area contributed by atoms with Gasteiger partial charge in [-0.15, -0.1) is 10.2 Å². The number of hydrogen-bond acceptors (Lipinski definition) is 4. The highest BCUT2D eigenvalue weighted by atomic mass is 35.5. The third kappa shape index (κ3) is 2.45. The molecule has 0 saturated carbocycles. The van der Waals surface area contributed by atoms with E-state index in [1.807, 2.05) is 7.05 Å². The van der Waals surface area contributed by atoms with Crippen LogP contribution in [-0.4, -0.2) is 21.1 Å². The Bertz CT molecular complexity index is 539. The Morgan fingerprint density at radius 1 is 1.53 bits per heavy atom. The highest BCUT2D eigenvalue weighted by molar-refractivity contribution is 6.33. The molecule has 0 saturated heterocycles. The summed E-state index contributed by atoms with van der Waals surface area (Å²) in [6, 6.07) is 5.05. The van der Waals surface area contributed by atoms with Gasteiger partial charge < -0.3 is 9.30 Å². The van der Waals surface area contributed by atoms with E-state index in [1.165, 1.54) is 0 Å². The lowest BCUT2D eigenvalue weighted by molar-refractivity contribution is 0.111. The molecule has 0 aliphatic heterocycles. The topological polar surface area (TPSA) is 57.0 Å². The lowest BCUT2D eigenvalue weighted by Gasteiger charge is -2.08. The third-order valence-electron chi connectivity index (χ3n) is 2.29. The fraction of sp³-hybridized carbons (Fsp3) is 0.182. The van der Waals surface area contributed by atoms with Crippen LogP contribution in [0.25, 0.3) is 0 Å². The average Bonchev–Trinajstić information content (AvgIpc) is 2.72. The molecule has 0 aliphatic rings. The van der Waals surface area contributed by atoms with E-state index in [-0.39, 0.29) is 6.61 Å². The molecule has 0 amide bonds. The number of aromatic nitrogens is 3. The highest BCUT2D eigenvalue weighted by Gasteiger charge is 2.08. The van der Waals surface area contributed by atoms with Crippen LogP contribution in [0, 0.1) is 0 Å². The summed E-state index contributed by atoms with van der Waals surface area (Å²) >= 11 is 5.88. The van der Waals surface area contributed by atoms with Gasteiger partial charge in [-0.25, -0.2) is 0 Å². The first kappa shape index (κ1) is 11.6. The van der Waals surface area contributed by atoms with Crippen LogP contribution in [0.5, 0.6) is 5.75 Å². The number of hydrogen-bond donors (Lipinski definition) is 0. The van der Waals surface area contributed by atoms with Crippen LogP contribution < -0.4 is 4.74 Å². The zero-order valence-electron chi connectivity index (χ0n) is 9.13. The predicted octanol–water partition coefficient (Wildman–Crippen LogP) is 1.86. The fourth-order valence-corrected chi connectivity index (χ4v) is 1.55. The molecule has 88 valence electrons. The van der Waals surface area contributed by atoms with Crippen molar-refractivity contribution in [2.24, 2.45) is 7.05 Å². The molecular weight excluding hydrogens is 242 g/mol. The van der Waals surface area contributed by atoms with Crippen molar-refractivity contribution in [3.63, 3.8) is 0 Å². The molecule has 0 atom stereocenters. The van der Waals surface area contributed by atoms with E-state index in [4.69, 9.17) is 16.3 Å². The number of aryl methyl sites for hydroxylation is 1. The fourth-order valence-electron chi connectivity index (χ4n) is 1.34. The van der Waals surface area contributed by atoms with Crippen molar-refractivity contribution in [3.8, 4) is 5.75 Å². The summed E-state index contributed by atoms with van der Waals surface area (Å²) in [5.41, 5.74) is 0.344. The quantitative estimate of drug-likeness (QED) is 0.779. The Morgan fingerprint density at radius 2 is 2.35 bits per heavy atom. The predicted molar refractivity (Wildman–Crippen MR) is 62.2 cm³/mol. The van der Waals surface area contributed by atoms with Crippen molar-refractivity contribution >= 4 is 17.9 Å².